The number of hydrogen-bond acceptors (Lipinski definition) is 6. The Hall–Kier alpha value is -3.88. The maximum Gasteiger partial charge on any atom is 0.435 e. The van der Waals surface area contributed by atoms with E-state index >= 15 is 0 Å². The molecule has 5 rings (SSSR count). The van der Waals surface area contributed by atoms with Crippen molar-refractivity contribution in [2.45, 2.75) is 55.9 Å². The van der Waals surface area contributed by atoms with Crippen LogP contribution in [0.2, 0.25) is 0 Å². The second-order valence-electron chi connectivity index (χ2n) is 8.59. The molecule has 2 N–H and O–H groups in total. The van der Waals surface area contributed by atoms with Crippen molar-refractivity contribution in [3.63, 3.8) is 0 Å². The summed E-state index contributed by atoms with van der Waals surface area (Å²) in [5.74, 6) is -1.69. The lowest BCUT2D eigenvalue weighted by atomic mass is 10.1. The predicted octanol–water partition coefficient (Wildman–Crippen LogP) is 2.89. The molecule has 3 aromatic rings. The molecule has 9 nitrogen and oxygen atoms in total. The second kappa shape index (κ2) is 7.86. The molecule has 0 unspecified atom stereocenters. The van der Waals surface area contributed by atoms with Gasteiger partial charge in [-0.2, -0.15) is 23.5 Å². The highest BCUT2D eigenvalue weighted by Gasteiger charge is 2.46. The lowest BCUT2D eigenvalue weighted by molar-refractivity contribution is -0.141. The topological polar surface area (TPSA) is 126 Å². The van der Waals surface area contributed by atoms with E-state index < -0.39 is 40.8 Å². The van der Waals surface area contributed by atoms with Gasteiger partial charge in [0.05, 0.1) is 24.1 Å². The van der Waals surface area contributed by atoms with Crippen LogP contribution in [0.5, 0.6) is 0 Å². The summed E-state index contributed by atoms with van der Waals surface area (Å²) in [6.45, 7) is 0. The number of alkyl halides is 3. The number of para-hydroxylation sites is 2. The molecule has 2 amide bonds. The van der Waals surface area contributed by atoms with Gasteiger partial charge < -0.3 is 15.1 Å². The zero-order valence-electron chi connectivity index (χ0n) is 17.7. The number of hydrogen-bond donors (Lipinski definition) is 2. The van der Waals surface area contributed by atoms with E-state index in [1.165, 1.54) is 0 Å². The zero-order valence-corrected chi connectivity index (χ0v) is 17.7. The van der Waals surface area contributed by atoms with E-state index in [0.29, 0.717) is 36.8 Å². The summed E-state index contributed by atoms with van der Waals surface area (Å²) in [7, 11) is 0. The van der Waals surface area contributed by atoms with Crippen LogP contribution in [0, 0.1) is 11.3 Å². The molecule has 2 aliphatic carbocycles. The Kier molecular flexibility index (Phi) is 5.07. The predicted molar refractivity (Wildman–Crippen MR) is 110 cm³/mol. The van der Waals surface area contributed by atoms with Crippen LogP contribution in [0.3, 0.4) is 0 Å². The molecule has 1 atom stereocenters. The Labute approximate surface area is 190 Å². The Morgan fingerprint density at radius 1 is 1.29 bits per heavy atom. The van der Waals surface area contributed by atoms with Crippen LogP contribution in [0.4, 0.5) is 13.2 Å². The van der Waals surface area contributed by atoms with Crippen LogP contribution in [0.25, 0.3) is 11.1 Å². The highest BCUT2D eigenvalue weighted by Crippen LogP contribution is 2.38. The van der Waals surface area contributed by atoms with E-state index in [1.54, 1.807) is 24.3 Å². The third-order valence-corrected chi connectivity index (χ3v) is 5.83. The minimum absolute atomic E-state index is 0.119. The normalized spacial score (nSPS) is 17.7. The van der Waals surface area contributed by atoms with E-state index in [4.69, 9.17) is 4.42 Å². The van der Waals surface area contributed by atoms with E-state index in [1.807, 2.05) is 6.07 Å². The summed E-state index contributed by atoms with van der Waals surface area (Å²) in [6, 6.07) is 7.39. The zero-order chi connectivity index (χ0) is 24.1. The molecule has 0 bridgehead atoms. The molecule has 2 fully saturated rings. The van der Waals surface area contributed by atoms with Crippen LogP contribution in [0.1, 0.15) is 53.7 Å². The number of nitriles is 1. The van der Waals surface area contributed by atoms with Gasteiger partial charge in [0, 0.05) is 6.20 Å². The van der Waals surface area contributed by atoms with Gasteiger partial charge in [-0.3, -0.25) is 14.3 Å². The van der Waals surface area contributed by atoms with Crippen molar-refractivity contribution in [3.8, 4) is 6.07 Å². The van der Waals surface area contributed by atoms with Crippen LogP contribution >= 0.6 is 0 Å². The number of benzene rings is 1. The first-order valence-corrected chi connectivity index (χ1v) is 10.7. The molecule has 2 aromatic heterocycles. The average molecular weight is 472 g/mol. The van der Waals surface area contributed by atoms with Gasteiger partial charge in [-0.25, -0.2) is 4.98 Å². The molecular weight excluding hydrogens is 453 g/mol. The number of nitrogens with one attached hydrogen (secondary N) is 2. The average Bonchev–Trinajstić information content (AvgIpc) is 3.69. The summed E-state index contributed by atoms with van der Waals surface area (Å²) < 4.78 is 47.4. The monoisotopic (exact) mass is 472 g/mol. The van der Waals surface area contributed by atoms with Crippen molar-refractivity contribution in [3.05, 3.63) is 47.6 Å². The van der Waals surface area contributed by atoms with Crippen molar-refractivity contribution in [2.75, 3.05) is 0 Å². The molecule has 0 aliphatic heterocycles. The quantitative estimate of drug-likeness (QED) is 0.545. The first-order chi connectivity index (χ1) is 16.2. The number of carbonyl (C=O) groups excluding carboxylic acids is 2. The third kappa shape index (κ3) is 4.33. The smallest absolute Gasteiger partial charge is 0.435 e. The SMILES string of the molecule is N#CC1(NC(=O)[C@H](Cc2nc3ccccc3o2)NC(=O)c2cn(C3CC3)nc2C(F)(F)F)CC1. The Bertz CT molecular complexity index is 1280. The van der Waals surface area contributed by atoms with Gasteiger partial charge in [0.2, 0.25) is 5.91 Å². The van der Waals surface area contributed by atoms with Crippen molar-refractivity contribution in [1.82, 2.24) is 25.4 Å². The number of amides is 2. The van der Waals surface area contributed by atoms with E-state index in [9.17, 15) is 28.0 Å². The largest absolute Gasteiger partial charge is 0.441 e. The summed E-state index contributed by atoms with van der Waals surface area (Å²) >= 11 is 0. The van der Waals surface area contributed by atoms with E-state index in [-0.39, 0.29) is 18.4 Å². The molecule has 2 heterocycles. The second-order valence-corrected chi connectivity index (χ2v) is 8.59. The van der Waals surface area contributed by atoms with Gasteiger partial charge in [-0.15, -0.1) is 0 Å². The highest BCUT2D eigenvalue weighted by molar-refractivity contribution is 5.98. The number of halogens is 3. The first-order valence-electron chi connectivity index (χ1n) is 10.7. The number of fused-ring (bicyclic) bond motifs is 1. The summed E-state index contributed by atoms with van der Waals surface area (Å²) in [5, 5.41) is 17.8. The molecule has 12 heteroatoms. The third-order valence-electron chi connectivity index (χ3n) is 5.83. The molecule has 176 valence electrons. The molecule has 2 aliphatic rings. The van der Waals surface area contributed by atoms with E-state index in [0.717, 1.165) is 10.9 Å². The number of nitrogens with zero attached hydrogens (tertiary/aromatic N) is 4. The van der Waals surface area contributed by atoms with Gasteiger partial charge in [0.25, 0.3) is 5.91 Å². The Morgan fingerprint density at radius 2 is 2.03 bits per heavy atom. The van der Waals surface area contributed by atoms with Gasteiger partial charge in [0.1, 0.15) is 17.1 Å². The van der Waals surface area contributed by atoms with Crippen LogP contribution in [-0.4, -0.2) is 38.2 Å². The lowest BCUT2D eigenvalue weighted by Crippen LogP contribution is -2.51. The van der Waals surface area contributed by atoms with Crippen molar-refractivity contribution in [2.24, 2.45) is 0 Å². The summed E-state index contributed by atoms with van der Waals surface area (Å²) in [5.41, 5.74) is -2.02. The molecular formula is C22H19F3N6O3. The number of oxazole rings is 1. The number of carbonyl (C=O) groups is 2. The van der Waals surface area contributed by atoms with Gasteiger partial charge in [0.15, 0.2) is 17.2 Å². The van der Waals surface area contributed by atoms with Crippen LogP contribution in [0.15, 0.2) is 34.9 Å². The van der Waals surface area contributed by atoms with Crippen molar-refractivity contribution in [1.29, 1.82) is 5.26 Å². The van der Waals surface area contributed by atoms with Crippen molar-refractivity contribution < 1.29 is 27.2 Å². The van der Waals surface area contributed by atoms with Crippen molar-refractivity contribution >= 4 is 22.9 Å². The lowest BCUT2D eigenvalue weighted by Gasteiger charge is -2.19. The molecule has 2 saturated carbocycles. The minimum Gasteiger partial charge on any atom is -0.441 e. The first kappa shape index (κ1) is 21.9. The fraction of sp³-hybridized carbons (Fsp3) is 0.409. The van der Waals surface area contributed by atoms with Gasteiger partial charge in [-0.05, 0) is 37.8 Å². The Balaban J connectivity index is 1.42. The standard InChI is InChI=1S/C22H19F3N6O3/c23-22(24,25)18-13(10-31(30-18)12-5-6-12)19(32)28-15(20(33)29-21(11-26)7-8-21)9-17-27-14-3-1-2-4-16(14)34-17/h1-4,10,12,15H,5-9H2,(H,28,32)(H,29,33)/t15-/m0/s1. The molecule has 34 heavy (non-hydrogen) atoms. The maximum absolute atomic E-state index is 13.5. The number of aromatic nitrogens is 3. The fourth-order valence-corrected chi connectivity index (χ4v) is 3.63. The molecule has 0 spiro atoms. The van der Waals surface area contributed by atoms with Crippen LogP contribution < -0.4 is 10.6 Å². The number of rotatable bonds is 7. The molecule has 0 saturated heterocycles. The minimum atomic E-state index is -4.84. The summed E-state index contributed by atoms with van der Waals surface area (Å²) in [4.78, 5) is 30.2. The summed E-state index contributed by atoms with van der Waals surface area (Å²) in [6.07, 6.45) is -1.74. The highest BCUT2D eigenvalue weighted by atomic mass is 19.4. The van der Waals surface area contributed by atoms with Gasteiger partial charge in [-0.1, -0.05) is 12.1 Å². The fourth-order valence-electron chi connectivity index (χ4n) is 3.63. The Morgan fingerprint density at radius 3 is 2.65 bits per heavy atom. The molecule has 1 aromatic carbocycles. The van der Waals surface area contributed by atoms with E-state index in [2.05, 4.69) is 20.7 Å². The van der Waals surface area contributed by atoms with Gasteiger partial charge >= 0.3 is 6.18 Å². The maximum atomic E-state index is 13.5. The van der Waals surface area contributed by atoms with Crippen LogP contribution in [-0.2, 0) is 17.4 Å². The molecule has 0 radical (unpaired) electrons.